The Labute approximate surface area is 121 Å². The van der Waals surface area contributed by atoms with Crippen LogP contribution in [0.2, 0.25) is 0 Å². The topological polar surface area (TPSA) is 56.0 Å². The minimum Gasteiger partial charge on any atom is -0.258 e. The van der Waals surface area contributed by atoms with Gasteiger partial charge in [-0.05, 0) is 35.4 Å². The minimum atomic E-state index is -0.400. The average Bonchev–Trinajstić information content (AvgIpc) is 2.53. The summed E-state index contributed by atoms with van der Waals surface area (Å²) in [5.41, 5.74) is 3.01. The second-order valence-electron chi connectivity index (χ2n) is 4.64. The quantitative estimate of drug-likeness (QED) is 0.407. The van der Waals surface area contributed by atoms with Gasteiger partial charge in [0, 0.05) is 23.7 Å². The molecule has 3 rings (SSSR count). The molecule has 1 aromatic heterocycles. The van der Waals surface area contributed by atoms with Gasteiger partial charge in [0.2, 0.25) is 0 Å². The van der Waals surface area contributed by atoms with Gasteiger partial charge in [0.05, 0.1) is 10.4 Å². The lowest BCUT2D eigenvalue weighted by Crippen LogP contribution is -1.86. The second kappa shape index (κ2) is 5.54. The molecule has 0 radical (unpaired) electrons. The zero-order valence-electron chi connectivity index (χ0n) is 11.1. The van der Waals surface area contributed by atoms with Crippen molar-refractivity contribution >= 4 is 28.7 Å². The van der Waals surface area contributed by atoms with Crippen LogP contribution in [0.5, 0.6) is 0 Å². The molecule has 0 saturated carbocycles. The van der Waals surface area contributed by atoms with E-state index in [1.54, 1.807) is 18.3 Å². The predicted octanol–water partition coefficient (Wildman–Crippen LogP) is 4.31. The van der Waals surface area contributed by atoms with Crippen LogP contribution >= 0.6 is 0 Å². The van der Waals surface area contributed by atoms with Crippen molar-refractivity contribution in [3.05, 3.63) is 82.0 Å². The molecule has 0 fully saturated rings. The third-order valence-electron chi connectivity index (χ3n) is 3.20. The summed E-state index contributed by atoms with van der Waals surface area (Å²) in [5.74, 6) is 0. The number of hydrogen-bond donors (Lipinski definition) is 0. The van der Waals surface area contributed by atoms with E-state index in [2.05, 4.69) is 4.98 Å². The summed E-state index contributed by atoms with van der Waals surface area (Å²) in [4.78, 5) is 14.5. The van der Waals surface area contributed by atoms with Gasteiger partial charge >= 0.3 is 0 Å². The largest absolute Gasteiger partial charge is 0.269 e. The normalized spacial score (nSPS) is 11.0. The Bertz CT molecular complexity index is 824. The molecule has 0 aliphatic rings. The highest BCUT2D eigenvalue weighted by Crippen LogP contribution is 2.17. The van der Waals surface area contributed by atoms with Gasteiger partial charge in [-0.3, -0.25) is 15.1 Å². The van der Waals surface area contributed by atoms with Crippen molar-refractivity contribution in [2.24, 2.45) is 0 Å². The summed E-state index contributed by atoms with van der Waals surface area (Å²) >= 11 is 0. The lowest BCUT2D eigenvalue weighted by molar-refractivity contribution is -0.384. The summed E-state index contributed by atoms with van der Waals surface area (Å²) in [6.07, 6.45) is 5.66. The molecule has 0 aliphatic carbocycles. The number of pyridine rings is 1. The number of nitrogens with zero attached hydrogens (tertiary/aromatic N) is 2. The highest BCUT2D eigenvalue weighted by Gasteiger charge is 2.02. The summed E-state index contributed by atoms with van der Waals surface area (Å²) in [6.45, 7) is 0. The molecule has 0 amide bonds. The standard InChI is InChI=1S/C17H12N2O2/c20-19(21)16-9-6-13(7-10-16)3-4-14-5-8-15-2-1-11-18-17(15)12-14/h1-12H/b4-3+. The van der Waals surface area contributed by atoms with E-state index in [4.69, 9.17) is 0 Å². The SMILES string of the molecule is O=[N+]([O-])c1ccc(/C=C/c2ccc3cccnc3c2)cc1. The first kappa shape index (κ1) is 13.0. The number of aromatic nitrogens is 1. The number of benzene rings is 2. The third kappa shape index (κ3) is 2.95. The molecule has 0 saturated heterocycles. The molecule has 0 spiro atoms. The number of rotatable bonds is 3. The van der Waals surface area contributed by atoms with Crippen molar-refractivity contribution in [2.45, 2.75) is 0 Å². The van der Waals surface area contributed by atoms with Gasteiger partial charge in [0.15, 0.2) is 0 Å². The number of nitro groups is 1. The smallest absolute Gasteiger partial charge is 0.258 e. The molecular formula is C17H12N2O2. The molecule has 0 unspecified atom stereocenters. The van der Waals surface area contributed by atoms with Gasteiger partial charge in [-0.1, -0.05) is 30.4 Å². The van der Waals surface area contributed by atoms with Crippen LogP contribution in [0.25, 0.3) is 23.1 Å². The molecule has 102 valence electrons. The first-order chi connectivity index (χ1) is 10.2. The summed E-state index contributed by atoms with van der Waals surface area (Å²) in [6, 6.07) is 16.5. The molecule has 0 atom stereocenters. The fourth-order valence-electron chi connectivity index (χ4n) is 2.09. The zero-order chi connectivity index (χ0) is 14.7. The number of non-ortho nitro benzene ring substituents is 1. The van der Waals surface area contributed by atoms with Gasteiger partial charge in [-0.25, -0.2) is 0 Å². The number of fused-ring (bicyclic) bond motifs is 1. The van der Waals surface area contributed by atoms with E-state index < -0.39 is 4.92 Å². The van der Waals surface area contributed by atoms with Crippen molar-refractivity contribution in [1.29, 1.82) is 0 Å². The maximum Gasteiger partial charge on any atom is 0.269 e. The fourth-order valence-corrected chi connectivity index (χ4v) is 2.09. The van der Waals surface area contributed by atoms with Crippen LogP contribution in [0.4, 0.5) is 5.69 Å². The van der Waals surface area contributed by atoms with E-state index >= 15 is 0 Å². The molecule has 0 N–H and O–H groups in total. The van der Waals surface area contributed by atoms with Crippen LogP contribution in [0.3, 0.4) is 0 Å². The van der Waals surface area contributed by atoms with Gasteiger partial charge < -0.3 is 0 Å². The van der Waals surface area contributed by atoms with Crippen molar-refractivity contribution in [1.82, 2.24) is 4.98 Å². The average molecular weight is 276 g/mol. The maximum atomic E-state index is 10.6. The second-order valence-corrected chi connectivity index (χ2v) is 4.64. The van der Waals surface area contributed by atoms with Gasteiger partial charge in [0.1, 0.15) is 0 Å². The molecular weight excluding hydrogens is 264 g/mol. The molecule has 0 aliphatic heterocycles. The van der Waals surface area contributed by atoms with Gasteiger partial charge in [0.25, 0.3) is 5.69 Å². The van der Waals surface area contributed by atoms with E-state index in [0.717, 1.165) is 22.0 Å². The first-order valence-electron chi connectivity index (χ1n) is 6.50. The Balaban J connectivity index is 1.85. The van der Waals surface area contributed by atoms with E-state index in [0.29, 0.717) is 0 Å². The molecule has 4 nitrogen and oxygen atoms in total. The van der Waals surface area contributed by atoms with Crippen molar-refractivity contribution < 1.29 is 4.92 Å². The van der Waals surface area contributed by atoms with Crippen LogP contribution < -0.4 is 0 Å². The third-order valence-corrected chi connectivity index (χ3v) is 3.20. The summed E-state index contributed by atoms with van der Waals surface area (Å²) in [7, 11) is 0. The van der Waals surface area contributed by atoms with E-state index in [-0.39, 0.29) is 5.69 Å². The Morgan fingerprint density at radius 1 is 0.952 bits per heavy atom. The summed E-state index contributed by atoms with van der Waals surface area (Å²) in [5, 5.41) is 11.7. The predicted molar refractivity (Wildman–Crippen MR) is 83.8 cm³/mol. The molecule has 21 heavy (non-hydrogen) atoms. The molecule has 1 heterocycles. The molecule has 4 heteroatoms. The van der Waals surface area contributed by atoms with Crippen LogP contribution in [-0.2, 0) is 0 Å². The Morgan fingerprint density at radius 2 is 1.67 bits per heavy atom. The monoisotopic (exact) mass is 276 g/mol. The summed E-state index contributed by atoms with van der Waals surface area (Å²) < 4.78 is 0. The first-order valence-corrected chi connectivity index (χ1v) is 6.50. The highest BCUT2D eigenvalue weighted by atomic mass is 16.6. The van der Waals surface area contributed by atoms with Crippen LogP contribution in [-0.4, -0.2) is 9.91 Å². The van der Waals surface area contributed by atoms with Crippen molar-refractivity contribution in [2.75, 3.05) is 0 Å². The van der Waals surface area contributed by atoms with Crippen molar-refractivity contribution in [3.8, 4) is 0 Å². The van der Waals surface area contributed by atoms with Gasteiger partial charge in [-0.2, -0.15) is 0 Å². The van der Waals surface area contributed by atoms with Crippen LogP contribution in [0.1, 0.15) is 11.1 Å². The van der Waals surface area contributed by atoms with Crippen LogP contribution in [0.15, 0.2) is 60.8 Å². The molecule has 2 aromatic carbocycles. The number of nitro benzene ring substituents is 1. The zero-order valence-corrected chi connectivity index (χ0v) is 11.1. The number of hydrogen-bond acceptors (Lipinski definition) is 3. The highest BCUT2D eigenvalue weighted by molar-refractivity contribution is 5.82. The van der Waals surface area contributed by atoms with Crippen LogP contribution in [0, 0.1) is 10.1 Å². The van der Waals surface area contributed by atoms with Crippen molar-refractivity contribution in [3.63, 3.8) is 0 Å². The van der Waals surface area contributed by atoms with Gasteiger partial charge in [-0.15, -0.1) is 0 Å². The minimum absolute atomic E-state index is 0.0991. The lowest BCUT2D eigenvalue weighted by Gasteiger charge is -1.98. The van der Waals surface area contributed by atoms with E-state index in [9.17, 15) is 10.1 Å². The maximum absolute atomic E-state index is 10.6. The van der Waals surface area contributed by atoms with E-state index in [1.165, 1.54) is 12.1 Å². The molecule has 3 aromatic rings. The Morgan fingerprint density at radius 3 is 2.43 bits per heavy atom. The Kier molecular flexibility index (Phi) is 3.43. The van der Waals surface area contributed by atoms with E-state index in [1.807, 2.05) is 42.5 Å². The Hall–Kier alpha value is -3.01. The fraction of sp³-hybridized carbons (Fsp3) is 0. The molecule has 0 bridgehead atoms. The lowest BCUT2D eigenvalue weighted by atomic mass is 10.1.